The van der Waals surface area contributed by atoms with Gasteiger partial charge in [-0.15, -0.1) is 0 Å². The Labute approximate surface area is 133 Å². The molecule has 6 heteroatoms. The fourth-order valence-electron chi connectivity index (χ4n) is 2.74. The van der Waals surface area contributed by atoms with Gasteiger partial charge in [0.05, 0.1) is 18.2 Å². The van der Waals surface area contributed by atoms with Crippen molar-refractivity contribution in [1.29, 1.82) is 0 Å². The number of β-amino-alcohol motifs (C(OH)–C–C–N with tert-alkyl or cyclic N) is 1. The van der Waals surface area contributed by atoms with Gasteiger partial charge in [0.15, 0.2) is 11.6 Å². The number of allylic oxidation sites excluding steroid dienone is 1. The summed E-state index contributed by atoms with van der Waals surface area (Å²) < 4.78 is 0. The second kappa shape index (κ2) is 6.20. The summed E-state index contributed by atoms with van der Waals surface area (Å²) in [6.07, 6.45) is 1.40. The Kier molecular flexibility index (Phi) is 4.29. The number of carbonyl (C=O) groups is 2. The Bertz CT molecular complexity index is 606. The van der Waals surface area contributed by atoms with Gasteiger partial charge in [0.25, 0.3) is 0 Å². The van der Waals surface area contributed by atoms with Gasteiger partial charge in [0, 0.05) is 24.1 Å². The van der Waals surface area contributed by atoms with E-state index in [-0.39, 0.29) is 49.1 Å². The molecule has 0 aromatic heterocycles. The first-order valence-corrected chi connectivity index (χ1v) is 7.52. The van der Waals surface area contributed by atoms with Crippen LogP contribution in [0.25, 0.3) is 0 Å². The van der Waals surface area contributed by atoms with Crippen LogP contribution in [0.5, 0.6) is 0 Å². The van der Waals surface area contributed by atoms with Gasteiger partial charge in [-0.3, -0.25) is 19.5 Å². The number of rotatable bonds is 2. The van der Waals surface area contributed by atoms with E-state index in [1.807, 2.05) is 12.1 Å². The Morgan fingerprint density at radius 3 is 2.36 bits per heavy atom. The van der Waals surface area contributed by atoms with E-state index >= 15 is 0 Å². The van der Waals surface area contributed by atoms with Crippen LogP contribution in [0.1, 0.15) is 24.3 Å². The summed E-state index contributed by atoms with van der Waals surface area (Å²) in [5.41, 5.74) is 1.09. The molecule has 0 bridgehead atoms. The SMILES string of the molecule is O=C1CC(c2ccc(Cl)cc2)CC(=O)C1=CN1C[C@@H](O)CO1. The van der Waals surface area contributed by atoms with E-state index < -0.39 is 6.10 Å². The lowest BCUT2D eigenvalue weighted by Gasteiger charge is -2.23. The van der Waals surface area contributed by atoms with Gasteiger partial charge in [-0.05, 0) is 23.6 Å². The van der Waals surface area contributed by atoms with Crippen molar-refractivity contribution in [3.05, 3.63) is 46.6 Å². The summed E-state index contributed by atoms with van der Waals surface area (Å²) in [5, 5.41) is 11.4. The Hall–Kier alpha value is -1.69. The van der Waals surface area contributed by atoms with Crippen molar-refractivity contribution in [2.24, 2.45) is 0 Å². The monoisotopic (exact) mass is 321 g/mol. The summed E-state index contributed by atoms with van der Waals surface area (Å²) >= 11 is 5.86. The molecule has 1 aromatic carbocycles. The van der Waals surface area contributed by atoms with E-state index in [0.717, 1.165) is 5.56 Å². The third-order valence-electron chi connectivity index (χ3n) is 3.90. The standard InChI is InChI=1S/C16H16ClNO4/c17-12-3-1-10(2-4-12)11-5-15(20)14(16(21)6-11)8-18-7-13(19)9-22-18/h1-4,8,11,13,19H,5-7,9H2/t11?,13-/m1/s1. The fourth-order valence-corrected chi connectivity index (χ4v) is 2.86. The molecule has 116 valence electrons. The molecule has 1 saturated carbocycles. The average Bonchev–Trinajstić information content (AvgIpc) is 2.89. The van der Waals surface area contributed by atoms with Gasteiger partial charge in [-0.25, -0.2) is 0 Å². The van der Waals surface area contributed by atoms with Crippen molar-refractivity contribution in [3.8, 4) is 0 Å². The first kappa shape index (κ1) is 15.2. The normalized spacial score (nSPS) is 25.7. The van der Waals surface area contributed by atoms with E-state index in [1.54, 1.807) is 12.1 Å². The molecule has 5 nitrogen and oxygen atoms in total. The minimum Gasteiger partial charge on any atom is -0.389 e. The van der Waals surface area contributed by atoms with Crippen LogP contribution in [-0.2, 0) is 14.4 Å². The second-order valence-electron chi connectivity index (χ2n) is 5.60. The van der Waals surface area contributed by atoms with E-state index in [1.165, 1.54) is 11.3 Å². The molecule has 1 N–H and O–H groups in total. The molecule has 2 fully saturated rings. The van der Waals surface area contributed by atoms with Crippen LogP contribution >= 0.6 is 11.6 Å². The lowest BCUT2D eigenvalue weighted by Crippen LogP contribution is -2.27. The van der Waals surface area contributed by atoms with Crippen molar-refractivity contribution in [2.75, 3.05) is 13.2 Å². The summed E-state index contributed by atoms with van der Waals surface area (Å²) in [6, 6.07) is 7.22. The van der Waals surface area contributed by atoms with E-state index in [9.17, 15) is 14.7 Å². The van der Waals surface area contributed by atoms with Crippen LogP contribution in [-0.4, -0.2) is 41.0 Å². The molecule has 2 aliphatic rings. The molecule has 0 radical (unpaired) electrons. The molecular weight excluding hydrogens is 306 g/mol. The maximum atomic E-state index is 12.3. The molecule has 1 heterocycles. The van der Waals surface area contributed by atoms with Crippen LogP contribution in [0.3, 0.4) is 0 Å². The molecule has 1 aliphatic heterocycles. The molecule has 0 unspecified atom stereocenters. The molecule has 0 spiro atoms. The largest absolute Gasteiger partial charge is 0.389 e. The van der Waals surface area contributed by atoms with Gasteiger partial charge in [0.2, 0.25) is 0 Å². The number of carbonyl (C=O) groups excluding carboxylic acids is 2. The number of hydrogen-bond donors (Lipinski definition) is 1. The smallest absolute Gasteiger partial charge is 0.168 e. The molecule has 1 atom stereocenters. The summed E-state index contributed by atoms with van der Waals surface area (Å²) in [5.74, 6) is -0.498. The number of benzene rings is 1. The number of hydroxylamine groups is 2. The minimum absolute atomic E-state index is 0.112. The Balaban J connectivity index is 1.74. The molecular formula is C16H16ClNO4. The topological polar surface area (TPSA) is 66.8 Å². The number of hydrogen-bond acceptors (Lipinski definition) is 5. The van der Waals surface area contributed by atoms with Gasteiger partial charge in [-0.1, -0.05) is 23.7 Å². The van der Waals surface area contributed by atoms with Crippen LogP contribution in [0.4, 0.5) is 0 Å². The van der Waals surface area contributed by atoms with Crippen molar-refractivity contribution in [3.63, 3.8) is 0 Å². The zero-order valence-electron chi connectivity index (χ0n) is 11.9. The van der Waals surface area contributed by atoms with Crippen molar-refractivity contribution >= 4 is 23.2 Å². The molecule has 22 heavy (non-hydrogen) atoms. The van der Waals surface area contributed by atoms with Crippen LogP contribution in [0.2, 0.25) is 5.02 Å². The predicted molar refractivity (Wildman–Crippen MR) is 80.2 cm³/mol. The molecule has 1 saturated heterocycles. The lowest BCUT2D eigenvalue weighted by molar-refractivity contribution is -0.125. The van der Waals surface area contributed by atoms with Crippen molar-refractivity contribution in [2.45, 2.75) is 24.9 Å². The zero-order chi connectivity index (χ0) is 15.7. The predicted octanol–water partition coefficient (Wildman–Crippen LogP) is 1.85. The minimum atomic E-state index is -0.590. The highest BCUT2D eigenvalue weighted by atomic mass is 35.5. The van der Waals surface area contributed by atoms with Crippen molar-refractivity contribution in [1.82, 2.24) is 5.06 Å². The van der Waals surface area contributed by atoms with Crippen LogP contribution in [0.15, 0.2) is 36.0 Å². The van der Waals surface area contributed by atoms with Crippen LogP contribution in [0, 0.1) is 0 Å². The third kappa shape index (κ3) is 3.21. The fraction of sp³-hybridized carbons (Fsp3) is 0.375. The van der Waals surface area contributed by atoms with Gasteiger partial charge < -0.3 is 5.11 Å². The van der Waals surface area contributed by atoms with E-state index in [2.05, 4.69) is 0 Å². The highest BCUT2D eigenvalue weighted by Gasteiger charge is 2.32. The van der Waals surface area contributed by atoms with Crippen LogP contribution < -0.4 is 0 Å². The molecule has 0 amide bonds. The lowest BCUT2D eigenvalue weighted by atomic mass is 9.80. The van der Waals surface area contributed by atoms with Gasteiger partial charge in [0.1, 0.15) is 6.61 Å². The summed E-state index contributed by atoms with van der Waals surface area (Å²) in [6.45, 7) is 0.449. The number of ketones is 2. The molecule has 3 rings (SSSR count). The van der Waals surface area contributed by atoms with E-state index in [0.29, 0.717) is 5.02 Å². The maximum absolute atomic E-state index is 12.3. The van der Waals surface area contributed by atoms with Crippen molar-refractivity contribution < 1.29 is 19.5 Å². The highest BCUT2D eigenvalue weighted by molar-refractivity contribution is 6.30. The van der Waals surface area contributed by atoms with Gasteiger partial charge >= 0.3 is 0 Å². The first-order valence-electron chi connectivity index (χ1n) is 7.14. The highest BCUT2D eigenvalue weighted by Crippen LogP contribution is 2.32. The first-order chi connectivity index (χ1) is 10.5. The number of aliphatic hydroxyl groups is 1. The third-order valence-corrected chi connectivity index (χ3v) is 4.15. The Morgan fingerprint density at radius 1 is 1.18 bits per heavy atom. The number of Topliss-reactive ketones (excluding diaryl/α,β-unsaturated/α-hetero) is 2. The van der Waals surface area contributed by atoms with E-state index in [4.69, 9.17) is 16.4 Å². The molecule has 1 aliphatic carbocycles. The molecule has 1 aromatic rings. The number of aliphatic hydroxyl groups excluding tert-OH is 1. The average molecular weight is 322 g/mol. The summed E-state index contributed by atoms with van der Waals surface area (Å²) in [7, 11) is 0. The zero-order valence-corrected chi connectivity index (χ0v) is 12.6. The van der Waals surface area contributed by atoms with Gasteiger partial charge in [-0.2, -0.15) is 0 Å². The number of nitrogens with zero attached hydrogens (tertiary/aromatic N) is 1. The maximum Gasteiger partial charge on any atom is 0.168 e. The second-order valence-corrected chi connectivity index (χ2v) is 6.03. The number of halogens is 1. The Morgan fingerprint density at radius 2 is 1.82 bits per heavy atom. The quantitative estimate of drug-likeness (QED) is 0.665. The summed E-state index contributed by atoms with van der Waals surface area (Å²) in [4.78, 5) is 29.7.